The van der Waals surface area contributed by atoms with Crippen molar-refractivity contribution in [1.29, 1.82) is 0 Å². The van der Waals surface area contributed by atoms with Gasteiger partial charge in [0, 0.05) is 30.3 Å². The second-order valence-corrected chi connectivity index (χ2v) is 7.95. The van der Waals surface area contributed by atoms with Crippen LogP contribution in [0.4, 0.5) is 10.5 Å². The highest BCUT2D eigenvalue weighted by Crippen LogP contribution is 2.23. The van der Waals surface area contributed by atoms with Crippen molar-refractivity contribution in [3.05, 3.63) is 28.8 Å². The number of hydrogen-bond acceptors (Lipinski definition) is 2. The van der Waals surface area contributed by atoms with Crippen LogP contribution in [0.15, 0.2) is 18.2 Å². The van der Waals surface area contributed by atoms with E-state index in [1.165, 1.54) is 45.3 Å². The molecule has 1 aromatic carbocycles. The number of piperidine rings is 1. The van der Waals surface area contributed by atoms with Crippen molar-refractivity contribution in [1.82, 2.24) is 9.80 Å². The van der Waals surface area contributed by atoms with Crippen LogP contribution in [0, 0.1) is 12.8 Å². The van der Waals surface area contributed by atoms with E-state index in [1.807, 2.05) is 30.0 Å². The number of nitrogens with zero attached hydrogens (tertiary/aromatic N) is 2. The maximum atomic E-state index is 12.5. The number of amides is 2. The number of rotatable bonds is 3. The van der Waals surface area contributed by atoms with E-state index in [4.69, 9.17) is 11.6 Å². The molecule has 0 unspecified atom stereocenters. The Morgan fingerprint density at radius 1 is 1.12 bits per heavy atom. The Hall–Kier alpha value is -1.26. The Morgan fingerprint density at radius 3 is 2.44 bits per heavy atom. The highest BCUT2D eigenvalue weighted by Gasteiger charge is 2.24. The second kappa shape index (κ2) is 8.91. The SMILES string of the molecule is Cc1ccc(NC(=O)N2CCC(CN3CCCCCC3)CC2)cc1Cl. The Labute approximate surface area is 156 Å². The van der Waals surface area contributed by atoms with Gasteiger partial charge in [0.05, 0.1) is 0 Å². The third-order valence-electron chi connectivity index (χ3n) is 5.54. The van der Waals surface area contributed by atoms with Crippen molar-refractivity contribution >= 4 is 23.3 Å². The highest BCUT2D eigenvalue weighted by molar-refractivity contribution is 6.31. The molecule has 2 saturated heterocycles. The molecule has 2 amide bonds. The Bertz CT molecular complexity index is 576. The van der Waals surface area contributed by atoms with Crippen LogP contribution >= 0.6 is 11.6 Å². The summed E-state index contributed by atoms with van der Waals surface area (Å²) < 4.78 is 0. The molecule has 0 spiro atoms. The molecule has 0 aliphatic carbocycles. The largest absolute Gasteiger partial charge is 0.325 e. The maximum Gasteiger partial charge on any atom is 0.321 e. The van der Waals surface area contributed by atoms with Crippen LogP contribution in [0.5, 0.6) is 0 Å². The van der Waals surface area contributed by atoms with E-state index < -0.39 is 0 Å². The molecule has 25 heavy (non-hydrogen) atoms. The standard InChI is InChI=1S/C20H30ClN3O/c1-16-6-7-18(14-19(16)21)22-20(25)24-12-8-17(9-13-24)15-23-10-4-2-3-5-11-23/h6-7,14,17H,2-5,8-13,15H2,1H3,(H,22,25). The van der Waals surface area contributed by atoms with Crippen molar-refractivity contribution in [3.8, 4) is 0 Å². The summed E-state index contributed by atoms with van der Waals surface area (Å²) in [6, 6.07) is 5.66. The van der Waals surface area contributed by atoms with E-state index >= 15 is 0 Å². The number of urea groups is 1. The second-order valence-electron chi connectivity index (χ2n) is 7.54. The molecule has 3 rings (SSSR count). The molecule has 5 heteroatoms. The molecule has 0 aromatic heterocycles. The summed E-state index contributed by atoms with van der Waals surface area (Å²) in [6.45, 7) is 7.39. The average Bonchev–Trinajstić information content (AvgIpc) is 2.87. The number of carbonyl (C=O) groups excluding carboxylic acids is 1. The van der Waals surface area contributed by atoms with Crippen molar-refractivity contribution in [2.75, 3.05) is 38.0 Å². The number of anilines is 1. The smallest absolute Gasteiger partial charge is 0.321 e. The van der Waals surface area contributed by atoms with Crippen molar-refractivity contribution < 1.29 is 4.79 Å². The van der Waals surface area contributed by atoms with Crippen LogP contribution in [0.3, 0.4) is 0 Å². The maximum absolute atomic E-state index is 12.5. The monoisotopic (exact) mass is 363 g/mol. The van der Waals surface area contributed by atoms with E-state index in [-0.39, 0.29) is 6.03 Å². The fourth-order valence-corrected chi connectivity index (χ4v) is 4.06. The van der Waals surface area contributed by atoms with E-state index in [1.54, 1.807) is 0 Å². The van der Waals surface area contributed by atoms with Crippen LogP contribution < -0.4 is 5.32 Å². The highest BCUT2D eigenvalue weighted by atomic mass is 35.5. The molecule has 0 atom stereocenters. The molecule has 2 heterocycles. The number of aryl methyl sites for hydroxylation is 1. The van der Waals surface area contributed by atoms with Crippen molar-refractivity contribution in [2.24, 2.45) is 5.92 Å². The van der Waals surface area contributed by atoms with Crippen molar-refractivity contribution in [3.63, 3.8) is 0 Å². The third kappa shape index (κ3) is 5.35. The predicted octanol–water partition coefficient (Wildman–Crippen LogP) is 4.77. The van der Waals surface area contributed by atoms with Gasteiger partial charge in [-0.3, -0.25) is 0 Å². The molecule has 4 nitrogen and oxygen atoms in total. The number of nitrogens with one attached hydrogen (secondary N) is 1. The fraction of sp³-hybridized carbons (Fsp3) is 0.650. The van der Waals surface area contributed by atoms with Crippen LogP contribution in [0.25, 0.3) is 0 Å². The Morgan fingerprint density at radius 2 is 1.80 bits per heavy atom. The molecule has 1 N–H and O–H groups in total. The lowest BCUT2D eigenvalue weighted by atomic mass is 9.96. The zero-order chi connectivity index (χ0) is 17.6. The first-order valence-corrected chi connectivity index (χ1v) is 10.0. The predicted molar refractivity (Wildman–Crippen MR) is 104 cm³/mol. The summed E-state index contributed by atoms with van der Waals surface area (Å²) >= 11 is 6.14. The lowest BCUT2D eigenvalue weighted by molar-refractivity contribution is 0.155. The third-order valence-corrected chi connectivity index (χ3v) is 5.95. The summed E-state index contributed by atoms with van der Waals surface area (Å²) in [7, 11) is 0. The summed E-state index contributed by atoms with van der Waals surface area (Å²) in [6.07, 6.45) is 7.69. The summed E-state index contributed by atoms with van der Waals surface area (Å²) in [4.78, 5) is 17.0. The number of likely N-dealkylation sites (tertiary alicyclic amines) is 2. The topological polar surface area (TPSA) is 35.6 Å². The lowest BCUT2D eigenvalue weighted by Gasteiger charge is -2.34. The van der Waals surface area contributed by atoms with E-state index in [0.717, 1.165) is 43.1 Å². The minimum Gasteiger partial charge on any atom is -0.325 e. The van der Waals surface area contributed by atoms with Gasteiger partial charge in [-0.25, -0.2) is 4.79 Å². The quantitative estimate of drug-likeness (QED) is 0.839. The number of benzene rings is 1. The molecule has 138 valence electrons. The first-order chi connectivity index (χ1) is 12.1. The molecule has 0 radical (unpaired) electrons. The van der Waals surface area contributed by atoms with E-state index in [9.17, 15) is 4.79 Å². The Kier molecular flexibility index (Phi) is 6.60. The molecule has 0 saturated carbocycles. The zero-order valence-corrected chi connectivity index (χ0v) is 16.0. The van der Waals surface area contributed by atoms with Gasteiger partial charge in [0.15, 0.2) is 0 Å². The van der Waals surface area contributed by atoms with E-state index in [0.29, 0.717) is 5.02 Å². The van der Waals surface area contributed by atoms with Gasteiger partial charge >= 0.3 is 6.03 Å². The number of halogens is 1. The van der Waals surface area contributed by atoms with Gasteiger partial charge in [-0.1, -0.05) is 30.5 Å². The number of carbonyl (C=O) groups is 1. The van der Waals surface area contributed by atoms with Gasteiger partial charge in [-0.15, -0.1) is 0 Å². The van der Waals surface area contributed by atoms with Crippen LogP contribution in [0.1, 0.15) is 44.1 Å². The minimum atomic E-state index is -0.00635. The van der Waals surface area contributed by atoms with Crippen molar-refractivity contribution in [2.45, 2.75) is 45.4 Å². The van der Waals surface area contributed by atoms with Gasteiger partial charge in [-0.2, -0.15) is 0 Å². The summed E-state index contributed by atoms with van der Waals surface area (Å²) in [5.41, 5.74) is 1.79. The molecular formula is C20H30ClN3O. The first kappa shape index (κ1) is 18.5. The van der Waals surface area contributed by atoms with Gasteiger partial charge in [0.2, 0.25) is 0 Å². The van der Waals surface area contributed by atoms with Gasteiger partial charge < -0.3 is 15.1 Å². The fourth-order valence-electron chi connectivity index (χ4n) is 3.88. The molecule has 2 aliphatic heterocycles. The first-order valence-electron chi connectivity index (χ1n) is 9.66. The zero-order valence-electron chi connectivity index (χ0n) is 15.3. The molecular weight excluding hydrogens is 334 g/mol. The van der Waals surface area contributed by atoms with Crippen LogP contribution in [-0.4, -0.2) is 48.6 Å². The molecule has 0 bridgehead atoms. The van der Waals surface area contributed by atoms with Crippen LogP contribution in [0.2, 0.25) is 5.02 Å². The van der Waals surface area contributed by atoms with Gasteiger partial charge in [-0.05, 0) is 69.3 Å². The summed E-state index contributed by atoms with van der Waals surface area (Å²) in [5, 5.41) is 3.67. The molecule has 2 aliphatic rings. The van der Waals surface area contributed by atoms with Gasteiger partial charge in [0.1, 0.15) is 0 Å². The molecule has 2 fully saturated rings. The lowest BCUT2D eigenvalue weighted by Crippen LogP contribution is -2.43. The van der Waals surface area contributed by atoms with E-state index in [2.05, 4.69) is 10.2 Å². The molecule has 1 aromatic rings. The number of hydrogen-bond donors (Lipinski definition) is 1. The summed E-state index contributed by atoms with van der Waals surface area (Å²) in [5.74, 6) is 0.732. The van der Waals surface area contributed by atoms with Crippen LogP contribution in [-0.2, 0) is 0 Å². The Balaban J connectivity index is 1.44. The van der Waals surface area contributed by atoms with Gasteiger partial charge in [0.25, 0.3) is 0 Å². The minimum absolute atomic E-state index is 0.00635. The average molecular weight is 364 g/mol. The normalized spacial score (nSPS) is 20.3.